The summed E-state index contributed by atoms with van der Waals surface area (Å²) >= 11 is 0. The van der Waals surface area contributed by atoms with Gasteiger partial charge in [-0.25, -0.2) is 13.1 Å². The highest BCUT2D eigenvalue weighted by atomic mass is 32.2. The fraction of sp³-hybridized carbons (Fsp3) is 0.562. The molecule has 0 bridgehead atoms. The third-order valence-electron chi connectivity index (χ3n) is 3.24. The number of anilines is 1. The fourth-order valence-corrected chi connectivity index (χ4v) is 2.61. The number of sulfonamides is 1. The Morgan fingerprint density at radius 1 is 1.22 bits per heavy atom. The van der Waals surface area contributed by atoms with Crippen LogP contribution in [0.1, 0.15) is 33.1 Å². The van der Waals surface area contributed by atoms with Gasteiger partial charge in [0.15, 0.2) is 6.61 Å². The zero-order valence-corrected chi connectivity index (χ0v) is 14.5. The molecule has 0 aromatic heterocycles. The summed E-state index contributed by atoms with van der Waals surface area (Å²) < 4.78 is 31.0. The first-order valence-electron chi connectivity index (χ1n) is 7.78. The molecule has 6 nitrogen and oxygen atoms in total. The van der Waals surface area contributed by atoms with Gasteiger partial charge in [-0.3, -0.25) is 0 Å². The summed E-state index contributed by atoms with van der Waals surface area (Å²) in [4.78, 5) is 0. The van der Waals surface area contributed by atoms with Crippen molar-refractivity contribution in [2.75, 3.05) is 25.0 Å². The van der Waals surface area contributed by atoms with Crippen LogP contribution in [-0.4, -0.2) is 33.4 Å². The number of hydrogen-bond acceptors (Lipinski definition) is 5. The van der Waals surface area contributed by atoms with E-state index in [9.17, 15) is 8.42 Å². The maximum atomic E-state index is 11.6. The van der Waals surface area contributed by atoms with E-state index in [4.69, 9.17) is 10.00 Å². The quantitative estimate of drug-likeness (QED) is 0.604. The minimum absolute atomic E-state index is 0.0374. The largest absolute Gasteiger partial charge is 0.479 e. The first-order chi connectivity index (χ1) is 11.0. The van der Waals surface area contributed by atoms with E-state index in [1.165, 1.54) is 0 Å². The van der Waals surface area contributed by atoms with Crippen molar-refractivity contribution < 1.29 is 13.2 Å². The highest BCUT2D eigenvalue weighted by molar-refractivity contribution is 7.90. The number of nitriles is 1. The average molecular weight is 339 g/mol. The number of unbranched alkanes of at least 4 members (excludes halogenated alkanes) is 2. The van der Waals surface area contributed by atoms with Crippen LogP contribution in [0.25, 0.3) is 0 Å². The van der Waals surface area contributed by atoms with Crippen LogP contribution in [-0.2, 0) is 10.0 Å². The molecular weight excluding hydrogens is 314 g/mol. The van der Waals surface area contributed by atoms with Gasteiger partial charge in [0.1, 0.15) is 11.8 Å². The monoisotopic (exact) mass is 339 g/mol. The summed E-state index contributed by atoms with van der Waals surface area (Å²) in [5.41, 5.74) is 0.945. The maximum absolute atomic E-state index is 11.6. The molecule has 1 aromatic carbocycles. The van der Waals surface area contributed by atoms with Gasteiger partial charge in [-0.1, -0.05) is 12.5 Å². The predicted molar refractivity (Wildman–Crippen MR) is 91.9 cm³/mol. The number of nitrogens with one attached hydrogen (secondary N) is 2. The van der Waals surface area contributed by atoms with Crippen LogP contribution in [0.3, 0.4) is 0 Å². The Balaban J connectivity index is 2.17. The Kier molecular flexibility index (Phi) is 8.45. The molecule has 0 aliphatic heterocycles. The Hall–Kier alpha value is -1.78. The lowest BCUT2D eigenvalue weighted by Crippen LogP contribution is -2.31. The van der Waals surface area contributed by atoms with Crippen molar-refractivity contribution in [1.82, 2.24) is 4.72 Å². The SMILES string of the molecule is CC(C)S(=O)(=O)NCCCCCNc1cccc(OCC#N)c1. The molecule has 23 heavy (non-hydrogen) atoms. The molecule has 0 spiro atoms. The minimum Gasteiger partial charge on any atom is -0.479 e. The van der Waals surface area contributed by atoms with E-state index in [1.54, 1.807) is 13.8 Å². The molecule has 0 heterocycles. The molecule has 0 atom stereocenters. The van der Waals surface area contributed by atoms with Crippen LogP contribution in [0, 0.1) is 11.3 Å². The predicted octanol–water partition coefficient (Wildman–Crippen LogP) is 2.50. The highest BCUT2D eigenvalue weighted by Crippen LogP contribution is 2.17. The van der Waals surface area contributed by atoms with Gasteiger partial charge in [0.25, 0.3) is 0 Å². The molecule has 0 fully saturated rings. The second-order valence-corrected chi connectivity index (χ2v) is 7.77. The Bertz CT molecular complexity index is 609. The molecule has 0 amide bonds. The van der Waals surface area contributed by atoms with Crippen molar-refractivity contribution in [2.45, 2.75) is 38.4 Å². The van der Waals surface area contributed by atoms with E-state index in [0.717, 1.165) is 31.5 Å². The molecule has 2 N–H and O–H groups in total. The molecule has 0 unspecified atom stereocenters. The summed E-state index contributed by atoms with van der Waals surface area (Å²) in [7, 11) is -3.15. The lowest BCUT2D eigenvalue weighted by Gasteiger charge is -2.10. The van der Waals surface area contributed by atoms with Gasteiger partial charge in [0, 0.05) is 24.8 Å². The van der Waals surface area contributed by atoms with Gasteiger partial charge in [-0.15, -0.1) is 0 Å². The first-order valence-corrected chi connectivity index (χ1v) is 9.32. The van der Waals surface area contributed by atoms with E-state index in [0.29, 0.717) is 12.3 Å². The molecule has 0 saturated carbocycles. The molecule has 0 radical (unpaired) electrons. The number of ether oxygens (including phenoxy) is 1. The molecule has 128 valence electrons. The Morgan fingerprint density at radius 3 is 2.65 bits per heavy atom. The highest BCUT2D eigenvalue weighted by Gasteiger charge is 2.13. The second kappa shape index (κ2) is 10.1. The van der Waals surface area contributed by atoms with Gasteiger partial charge in [-0.2, -0.15) is 5.26 Å². The van der Waals surface area contributed by atoms with E-state index in [1.807, 2.05) is 30.3 Å². The van der Waals surface area contributed by atoms with Gasteiger partial charge in [-0.05, 0) is 38.8 Å². The maximum Gasteiger partial charge on any atom is 0.213 e. The normalized spacial score (nSPS) is 11.2. The van der Waals surface area contributed by atoms with Crippen molar-refractivity contribution in [2.24, 2.45) is 0 Å². The van der Waals surface area contributed by atoms with Crippen LogP contribution in [0.15, 0.2) is 24.3 Å². The van der Waals surface area contributed by atoms with E-state index < -0.39 is 10.0 Å². The number of nitrogens with zero attached hydrogens (tertiary/aromatic N) is 1. The average Bonchev–Trinajstić information content (AvgIpc) is 2.52. The van der Waals surface area contributed by atoms with Crippen LogP contribution < -0.4 is 14.8 Å². The van der Waals surface area contributed by atoms with Crippen molar-refractivity contribution in [1.29, 1.82) is 5.26 Å². The number of hydrogen-bond donors (Lipinski definition) is 2. The van der Waals surface area contributed by atoms with Crippen LogP contribution in [0.4, 0.5) is 5.69 Å². The zero-order valence-electron chi connectivity index (χ0n) is 13.7. The summed E-state index contributed by atoms with van der Waals surface area (Å²) in [6.07, 6.45) is 2.71. The van der Waals surface area contributed by atoms with Gasteiger partial charge in [0.05, 0.1) is 5.25 Å². The van der Waals surface area contributed by atoms with Crippen molar-refractivity contribution in [3.05, 3.63) is 24.3 Å². The third-order valence-corrected chi connectivity index (χ3v) is 5.09. The lowest BCUT2D eigenvalue weighted by atomic mass is 10.2. The van der Waals surface area contributed by atoms with Gasteiger partial charge in [0.2, 0.25) is 10.0 Å². The Labute approximate surface area is 138 Å². The summed E-state index contributed by atoms with van der Waals surface area (Å²) in [5.74, 6) is 0.666. The summed E-state index contributed by atoms with van der Waals surface area (Å²) in [6.45, 7) is 4.66. The third kappa shape index (κ3) is 7.86. The van der Waals surface area contributed by atoms with E-state index in [2.05, 4.69) is 10.0 Å². The van der Waals surface area contributed by atoms with Crippen LogP contribution in [0.5, 0.6) is 5.75 Å². The molecule has 7 heteroatoms. The first kappa shape index (κ1) is 19.3. The smallest absolute Gasteiger partial charge is 0.213 e. The van der Waals surface area contributed by atoms with Crippen molar-refractivity contribution in [3.8, 4) is 11.8 Å². The number of rotatable bonds is 11. The minimum atomic E-state index is -3.15. The van der Waals surface area contributed by atoms with Gasteiger partial charge >= 0.3 is 0 Å². The van der Waals surface area contributed by atoms with E-state index >= 15 is 0 Å². The molecular formula is C16H25N3O3S. The fourth-order valence-electron chi connectivity index (χ4n) is 1.85. The number of benzene rings is 1. The standard InChI is InChI=1S/C16H25N3O3S/c1-14(2)23(20,21)19-11-5-3-4-10-18-15-7-6-8-16(13-15)22-12-9-17/h6-8,13-14,18-19H,3-5,10-12H2,1-2H3. The van der Waals surface area contributed by atoms with E-state index in [-0.39, 0.29) is 11.9 Å². The van der Waals surface area contributed by atoms with Crippen LogP contribution >= 0.6 is 0 Å². The molecule has 1 rings (SSSR count). The molecule has 0 aliphatic rings. The summed E-state index contributed by atoms with van der Waals surface area (Å²) in [6, 6.07) is 9.41. The summed E-state index contributed by atoms with van der Waals surface area (Å²) in [5, 5.41) is 11.4. The van der Waals surface area contributed by atoms with Crippen molar-refractivity contribution in [3.63, 3.8) is 0 Å². The molecule has 1 aromatic rings. The van der Waals surface area contributed by atoms with Crippen LogP contribution in [0.2, 0.25) is 0 Å². The van der Waals surface area contributed by atoms with Gasteiger partial charge < -0.3 is 10.1 Å². The van der Waals surface area contributed by atoms with Crippen molar-refractivity contribution >= 4 is 15.7 Å². The lowest BCUT2D eigenvalue weighted by molar-refractivity contribution is 0.368. The molecule has 0 aliphatic carbocycles. The molecule has 0 saturated heterocycles. The second-order valence-electron chi connectivity index (χ2n) is 5.45. The Morgan fingerprint density at radius 2 is 1.96 bits per heavy atom. The topological polar surface area (TPSA) is 91.2 Å². The zero-order chi connectivity index (χ0) is 17.1.